The molecule has 2 rings (SSSR count). The lowest BCUT2D eigenvalue weighted by atomic mass is 9.78. The van der Waals surface area contributed by atoms with Crippen LogP contribution < -0.4 is 5.32 Å². The Labute approximate surface area is 124 Å². The fourth-order valence-electron chi connectivity index (χ4n) is 4.29. The van der Waals surface area contributed by atoms with Crippen LogP contribution in [0.3, 0.4) is 0 Å². The molecule has 1 N–H and O–H groups in total. The zero-order valence-corrected chi connectivity index (χ0v) is 13.3. The summed E-state index contributed by atoms with van der Waals surface area (Å²) in [6, 6.07) is 3.96. The lowest BCUT2D eigenvalue weighted by molar-refractivity contribution is 0.0795. The first-order chi connectivity index (χ1) is 9.74. The van der Waals surface area contributed by atoms with Gasteiger partial charge in [-0.3, -0.25) is 10.2 Å². The average molecular weight is 277 g/mol. The first-order valence-corrected chi connectivity index (χ1v) is 8.66. The Morgan fingerprint density at radius 3 is 2.75 bits per heavy atom. The average Bonchev–Trinajstić information content (AvgIpc) is 2.73. The maximum Gasteiger partial charge on any atom is 0.108 e. The van der Waals surface area contributed by atoms with Crippen LogP contribution in [-0.4, -0.2) is 35.6 Å². The van der Waals surface area contributed by atoms with E-state index in [1.54, 1.807) is 0 Å². The highest BCUT2D eigenvalue weighted by Gasteiger charge is 2.39. The third-order valence-corrected chi connectivity index (χ3v) is 5.32. The number of rotatable bonds is 4. The molecule has 1 heterocycles. The first-order valence-electron chi connectivity index (χ1n) is 8.66. The molecular formula is C17H31N3. The molecule has 20 heavy (non-hydrogen) atoms. The van der Waals surface area contributed by atoms with E-state index in [2.05, 4.69) is 30.1 Å². The predicted octanol–water partition coefficient (Wildman–Crippen LogP) is 3.46. The van der Waals surface area contributed by atoms with Gasteiger partial charge in [-0.25, -0.2) is 0 Å². The van der Waals surface area contributed by atoms with Crippen LogP contribution in [0.1, 0.15) is 71.6 Å². The Morgan fingerprint density at radius 1 is 1.20 bits per heavy atom. The van der Waals surface area contributed by atoms with Gasteiger partial charge in [0, 0.05) is 12.1 Å². The molecule has 0 aromatic carbocycles. The third kappa shape index (κ3) is 3.54. The van der Waals surface area contributed by atoms with Crippen LogP contribution in [0.15, 0.2) is 0 Å². The summed E-state index contributed by atoms with van der Waals surface area (Å²) in [6.45, 7) is 6.59. The van der Waals surface area contributed by atoms with Gasteiger partial charge in [-0.15, -0.1) is 0 Å². The Bertz CT molecular complexity index is 332. The normalized spacial score (nSPS) is 36.2. The summed E-state index contributed by atoms with van der Waals surface area (Å²) in [7, 11) is 0. The fraction of sp³-hybridized carbons (Fsp3) is 0.941. The lowest BCUT2D eigenvalue weighted by Gasteiger charge is -2.44. The zero-order chi connectivity index (χ0) is 14.4. The number of nitrogens with one attached hydrogen (secondary N) is 1. The Kier molecular flexibility index (Phi) is 5.86. The monoisotopic (exact) mass is 277 g/mol. The Morgan fingerprint density at radius 2 is 2.05 bits per heavy atom. The van der Waals surface area contributed by atoms with Gasteiger partial charge in [-0.05, 0) is 58.0 Å². The summed E-state index contributed by atoms with van der Waals surface area (Å²) >= 11 is 0. The molecular weight excluding hydrogens is 246 g/mol. The van der Waals surface area contributed by atoms with Crippen LogP contribution in [0, 0.1) is 11.3 Å². The number of hydrogen-bond acceptors (Lipinski definition) is 3. The van der Waals surface area contributed by atoms with Crippen molar-refractivity contribution in [3.63, 3.8) is 0 Å². The van der Waals surface area contributed by atoms with Crippen molar-refractivity contribution in [3.8, 4) is 6.07 Å². The van der Waals surface area contributed by atoms with E-state index in [4.69, 9.17) is 0 Å². The van der Waals surface area contributed by atoms with Crippen molar-refractivity contribution in [2.75, 3.05) is 13.1 Å². The van der Waals surface area contributed by atoms with Crippen molar-refractivity contribution >= 4 is 0 Å². The summed E-state index contributed by atoms with van der Waals surface area (Å²) in [5, 5.41) is 13.1. The molecule has 2 fully saturated rings. The molecule has 0 aromatic heterocycles. The van der Waals surface area contributed by atoms with Gasteiger partial charge >= 0.3 is 0 Å². The van der Waals surface area contributed by atoms with Crippen molar-refractivity contribution in [2.45, 2.75) is 89.3 Å². The quantitative estimate of drug-likeness (QED) is 0.855. The fourth-order valence-corrected chi connectivity index (χ4v) is 4.29. The van der Waals surface area contributed by atoms with Crippen LogP contribution in [0.2, 0.25) is 0 Å². The van der Waals surface area contributed by atoms with Crippen LogP contribution in [-0.2, 0) is 0 Å². The molecule has 0 aromatic rings. The molecule has 3 atom stereocenters. The second-order valence-corrected chi connectivity index (χ2v) is 6.62. The molecule has 3 heteroatoms. The molecule has 1 saturated heterocycles. The molecule has 1 aliphatic heterocycles. The van der Waals surface area contributed by atoms with Crippen LogP contribution >= 0.6 is 0 Å². The van der Waals surface area contributed by atoms with Crippen LogP contribution in [0.5, 0.6) is 0 Å². The van der Waals surface area contributed by atoms with Crippen molar-refractivity contribution < 1.29 is 0 Å². The van der Waals surface area contributed by atoms with Gasteiger partial charge in [0.2, 0.25) is 0 Å². The molecule has 114 valence electrons. The van der Waals surface area contributed by atoms with E-state index < -0.39 is 0 Å². The van der Waals surface area contributed by atoms with E-state index >= 15 is 0 Å². The van der Waals surface area contributed by atoms with E-state index in [1.165, 1.54) is 51.5 Å². The second-order valence-electron chi connectivity index (χ2n) is 6.62. The summed E-state index contributed by atoms with van der Waals surface area (Å²) in [5.74, 6) is 0. The highest BCUT2D eigenvalue weighted by molar-refractivity contribution is 5.11. The van der Waals surface area contributed by atoms with Crippen molar-refractivity contribution in [3.05, 3.63) is 0 Å². The van der Waals surface area contributed by atoms with Gasteiger partial charge < -0.3 is 0 Å². The standard InChI is InChI=1S/C17H31N3/c1-3-15-9-6-5-7-12-20(15)16-10-8-11-17(13-16,14-18)19-4-2/h15-16,19H,3-13H2,1-2H3. The van der Waals surface area contributed by atoms with Gasteiger partial charge in [0.15, 0.2) is 0 Å². The number of hydrogen-bond donors (Lipinski definition) is 1. The minimum Gasteiger partial charge on any atom is -0.300 e. The Balaban J connectivity index is 2.08. The van der Waals surface area contributed by atoms with Crippen LogP contribution in [0.25, 0.3) is 0 Å². The lowest BCUT2D eigenvalue weighted by Crippen LogP contribution is -2.54. The number of nitrogens with zero attached hydrogens (tertiary/aromatic N) is 2. The minimum atomic E-state index is -0.262. The van der Waals surface area contributed by atoms with Crippen molar-refractivity contribution in [1.29, 1.82) is 5.26 Å². The predicted molar refractivity (Wildman–Crippen MR) is 83.5 cm³/mol. The van der Waals surface area contributed by atoms with Gasteiger partial charge in [0.25, 0.3) is 0 Å². The van der Waals surface area contributed by atoms with Crippen molar-refractivity contribution in [2.24, 2.45) is 0 Å². The third-order valence-electron chi connectivity index (χ3n) is 5.32. The number of likely N-dealkylation sites (tertiary alicyclic amines) is 1. The summed E-state index contributed by atoms with van der Waals surface area (Å²) in [4.78, 5) is 2.76. The number of nitriles is 1. The molecule has 3 nitrogen and oxygen atoms in total. The highest BCUT2D eigenvalue weighted by atomic mass is 15.2. The molecule has 1 aliphatic carbocycles. The maximum atomic E-state index is 9.64. The smallest absolute Gasteiger partial charge is 0.108 e. The van der Waals surface area contributed by atoms with Crippen molar-refractivity contribution in [1.82, 2.24) is 10.2 Å². The van der Waals surface area contributed by atoms with E-state index in [0.29, 0.717) is 6.04 Å². The molecule has 2 aliphatic rings. The zero-order valence-electron chi connectivity index (χ0n) is 13.3. The molecule has 0 radical (unpaired) electrons. The van der Waals surface area contributed by atoms with E-state index in [-0.39, 0.29) is 5.54 Å². The second kappa shape index (κ2) is 7.43. The van der Waals surface area contributed by atoms with E-state index in [0.717, 1.165) is 25.4 Å². The first kappa shape index (κ1) is 15.8. The molecule has 0 bridgehead atoms. The van der Waals surface area contributed by atoms with Crippen LogP contribution in [0.4, 0.5) is 0 Å². The van der Waals surface area contributed by atoms with E-state index in [1.807, 2.05) is 0 Å². The van der Waals surface area contributed by atoms with E-state index in [9.17, 15) is 5.26 Å². The highest BCUT2D eigenvalue weighted by Crippen LogP contribution is 2.34. The summed E-state index contributed by atoms with van der Waals surface area (Å²) < 4.78 is 0. The summed E-state index contributed by atoms with van der Waals surface area (Å²) in [5.41, 5.74) is -0.262. The minimum absolute atomic E-state index is 0.262. The topological polar surface area (TPSA) is 39.1 Å². The maximum absolute atomic E-state index is 9.64. The molecule has 1 saturated carbocycles. The molecule has 3 unspecified atom stereocenters. The summed E-state index contributed by atoms with van der Waals surface area (Å²) in [6.07, 6.45) is 11.3. The van der Waals surface area contributed by atoms with Gasteiger partial charge in [0.1, 0.15) is 5.54 Å². The van der Waals surface area contributed by atoms with Gasteiger partial charge in [-0.2, -0.15) is 5.26 Å². The molecule has 0 amide bonds. The largest absolute Gasteiger partial charge is 0.300 e. The van der Waals surface area contributed by atoms with Gasteiger partial charge in [0.05, 0.1) is 6.07 Å². The van der Waals surface area contributed by atoms with Gasteiger partial charge in [-0.1, -0.05) is 26.7 Å². The SMILES string of the molecule is CCNC1(C#N)CCCC(N2CCCCCC2CC)C1. The molecule has 0 spiro atoms. The Hall–Kier alpha value is -0.590.